The monoisotopic (exact) mass is 243 g/mol. The number of ketones is 1. The zero-order valence-corrected chi connectivity index (χ0v) is 10.8. The molecule has 0 bridgehead atoms. The van der Waals surface area contributed by atoms with Crippen molar-refractivity contribution < 1.29 is 9.53 Å². The summed E-state index contributed by atoms with van der Waals surface area (Å²) in [4.78, 5) is 14.3. The molecule has 0 radical (unpaired) electrons. The summed E-state index contributed by atoms with van der Waals surface area (Å²) in [5.41, 5.74) is 0. The number of hydrogen-bond acceptors (Lipinski definition) is 4. The van der Waals surface area contributed by atoms with Gasteiger partial charge in [-0.1, -0.05) is 0 Å². The van der Waals surface area contributed by atoms with E-state index in [0.717, 1.165) is 43.9 Å². The molecule has 16 heavy (non-hydrogen) atoms. The zero-order valence-electron chi connectivity index (χ0n) is 9.98. The maximum Gasteiger partial charge on any atom is 0.150 e. The normalized spacial score (nSPS) is 31.8. The molecule has 2 aliphatic heterocycles. The highest BCUT2D eigenvalue weighted by molar-refractivity contribution is 7.99. The average Bonchev–Trinajstić information content (AvgIpc) is 2.79. The molecule has 0 aliphatic carbocycles. The summed E-state index contributed by atoms with van der Waals surface area (Å²) < 4.78 is 5.55. The Hall–Kier alpha value is -0.0600. The average molecular weight is 243 g/mol. The highest BCUT2D eigenvalue weighted by Gasteiger charge is 2.27. The molecule has 0 saturated carbocycles. The first kappa shape index (κ1) is 12.4. The first-order valence-corrected chi connectivity index (χ1v) is 7.35. The van der Waals surface area contributed by atoms with Gasteiger partial charge in [-0.3, -0.25) is 9.69 Å². The fourth-order valence-electron chi connectivity index (χ4n) is 2.37. The molecule has 0 amide bonds. The van der Waals surface area contributed by atoms with Crippen molar-refractivity contribution in [2.24, 2.45) is 0 Å². The van der Waals surface area contributed by atoms with Crippen LogP contribution in [0.25, 0.3) is 0 Å². The van der Waals surface area contributed by atoms with Crippen molar-refractivity contribution in [1.29, 1.82) is 0 Å². The van der Waals surface area contributed by atoms with Crippen molar-refractivity contribution in [1.82, 2.24) is 4.90 Å². The third kappa shape index (κ3) is 3.22. The fourth-order valence-corrected chi connectivity index (χ4v) is 3.61. The van der Waals surface area contributed by atoms with Gasteiger partial charge in [0.15, 0.2) is 5.78 Å². The molecule has 3 nitrogen and oxygen atoms in total. The van der Waals surface area contributed by atoms with Crippen LogP contribution >= 0.6 is 11.8 Å². The number of thioether (sulfide) groups is 1. The molecule has 0 N–H and O–H groups in total. The summed E-state index contributed by atoms with van der Waals surface area (Å²) in [5, 5.41) is 0. The molecular formula is C12H21NO2S. The van der Waals surface area contributed by atoms with E-state index in [1.165, 1.54) is 0 Å². The van der Waals surface area contributed by atoms with Crippen LogP contribution in [0.1, 0.15) is 25.7 Å². The Kier molecular flexibility index (Phi) is 4.67. The van der Waals surface area contributed by atoms with E-state index in [9.17, 15) is 4.79 Å². The molecule has 0 aromatic rings. The lowest BCUT2D eigenvalue weighted by Gasteiger charge is -2.31. The largest absolute Gasteiger partial charge is 0.378 e. The molecule has 2 heterocycles. The lowest BCUT2D eigenvalue weighted by molar-refractivity contribution is -0.123. The van der Waals surface area contributed by atoms with Crippen molar-refractivity contribution in [2.75, 3.05) is 31.7 Å². The van der Waals surface area contributed by atoms with Crippen LogP contribution in [0.15, 0.2) is 0 Å². The fraction of sp³-hybridized carbons (Fsp3) is 0.917. The van der Waals surface area contributed by atoms with E-state index in [4.69, 9.17) is 4.74 Å². The molecule has 0 aromatic heterocycles. The summed E-state index contributed by atoms with van der Waals surface area (Å²) in [5.74, 6) is 2.54. The summed E-state index contributed by atoms with van der Waals surface area (Å²) in [6.45, 7) is 1.93. The van der Waals surface area contributed by atoms with E-state index in [1.54, 1.807) is 0 Å². The summed E-state index contributed by atoms with van der Waals surface area (Å²) in [6.07, 6.45) is 4.28. The Morgan fingerprint density at radius 2 is 2.44 bits per heavy atom. The third-order valence-electron chi connectivity index (χ3n) is 3.50. The Balaban J connectivity index is 1.73. The van der Waals surface area contributed by atoms with Crippen LogP contribution < -0.4 is 0 Å². The second-order valence-electron chi connectivity index (χ2n) is 4.71. The van der Waals surface area contributed by atoms with Crippen LogP contribution in [0.2, 0.25) is 0 Å². The van der Waals surface area contributed by atoms with Gasteiger partial charge in [-0.2, -0.15) is 11.8 Å². The Morgan fingerprint density at radius 3 is 3.12 bits per heavy atom. The van der Waals surface area contributed by atoms with Gasteiger partial charge in [0.05, 0.1) is 12.1 Å². The van der Waals surface area contributed by atoms with Crippen molar-refractivity contribution in [3.8, 4) is 0 Å². The highest BCUT2D eigenvalue weighted by Crippen LogP contribution is 2.20. The minimum absolute atomic E-state index is 0.153. The van der Waals surface area contributed by atoms with Gasteiger partial charge in [0.2, 0.25) is 0 Å². The molecule has 0 aromatic carbocycles. The van der Waals surface area contributed by atoms with Crippen LogP contribution in [-0.2, 0) is 9.53 Å². The molecule has 2 saturated heterocycles. The van der Waals surface area contributed by atoms with Crippen molar-refractivity contribution in [3.63, 3.8) is 0 Å². The highest BCUT2D eigenvalue weighted by atomic mass is 32.2. The van der Waals surface area contributed by atoms with Crippen molar-refractivity contribution >= 4 is 17.5 Å². The van der Waals surface area contributed by atoms with E-state index in [0.29, 0.717) is 18.3 Å². The molecule has 92 valence electrons. The minimum atomic E-state index is 0.153. The molecule has 2 atom stereocenters. The first-order valence-electron chi connectivity index (χ1n) is 6.19. The van der Waals surface area contributed by atoms with E-state index in [-0.39, 0.29) is 6.04 Å². The van der Waals surface area contributed by atoms with Gasteiger partial charge in [0.1, 0.15) is 0 Å². The molecule has 4 heteroatoms. The van der Waals surface area contributed by atoms with Gasteiger partial charge in [-0.25, -0.2) is 0 Å². The van der Waals surface area contributed by atoms with Crippen LogP contribution in [0.5, 0.6) is 0 Å². The minimum Gasteiger partial charge on any atom is -0.378 e. The maximum atomic E-state index is 12.1. The lowest BCUT2D eigenvalue weighted by atomic mass is 10.0. The summed E-state index contributed by atoms with van der Waals surface area (Å²) in [7, 11) is 2.06. The lowest BCUT2D eigenvalue weighted by Crippen LogP contribution is -2.44. The van der Waals surface area contributed by atoms with Gasteiger partial charge in [-0.15, -0.1) is 0 Å². The van der Waals surface area contributed by atoms with Gasteiger partial charge in [0.25, 0.3) is 0 Å². The number of likely N-dealkylation sites (N-methyl/N-ethyl adjacent to an activating group) is 1. The van der Waals surface area contributed by atoms with Crippen molar-refractivity contribution in [2.45, 2.75) is 37.8 Å². The Bertz CT molecular complexity index is 241. The summed E-state index contributed by atoms with van der Waals surface area (Å²) in [6, 6.07) is 0.153. The first-order chi connectivity index (χ1) is 7.77. The number of ether oxygens (including phenoxy) is 1. The van der Waals surface area contributed by atoms with Gasteiger partial charge in [0, 0.05) is 31.1 Å². The van der Waals surface area contributed by atoms with E-state index >= 15 is 0 Å². The SMILES string of the molecule is CN1CCSCC1C(=O)CCC1CCCO1. The quantitative estimate of drug-likeness (QED) is 0.749. The van der Waals surface area contributed by atoms with Crippen LogP contribution in [0.4, 0.5) is 0 Å². The van der Waals surface area contributed by atoms with Crippen molar-refractivity contribution in [3.05, 3.63) is 0 Å². The smallest absolute Gasteiger partial charge is 0.150 e. The number of carbonyl (C=O) groups excluding carboxylic acids is 1. The molecule has 2 aliphatic rings. The Labute approximate surface area is 102 Å². The number of carbonyl (C=O) groups is 1. The third-order valence-corrected chi connectivity index (χ3v) is 4.53. The van der Waals surface area contributed by atoms with Gasteiger partial charge >= 0.3 is 0 Å². The zero-order chi connectivity index (χ0) is 11.4. The number of nitrogens with zero attached hydrogens (tertiary/aromatic N) is 1. The maximum absolute atomic E-state index is 12.1. The van der Waals surface area contributed by atoms with Crippen LogP contribution in [0.3, 0.4) is 0 Å². The Morgan fingerprint density at radius 1 is 1.56 bits per heavy atom. The standard InChI is InChI=1S/C12H21NO2S/c1-13-6-8-16-9-11(13)12(14)5-4-10-3-2-7-15-10/h10-11H,2-9H2,1H3. The second kappa shape index (κ2) is 6.03. The molecule has 2 rings (SSSR count). The second-order valence-corrected chi connectivity index (χ2v) is 5.86. The van der Waals surface area contributed by atoms with Gasteiger partial charge < -0.3 is 4.74 Å². The number of hydrogen-bond donors (Lipinski definition) is 0. The van der Waals surface area contributed by atoms with Gasteiger partial charge in [-0.05, 0) is 26.3 Å². The summed E-state index contributed by atoms with van der Waals surface area (Å²) >= 11 is 1.90. The number of Topliss-reactive ketones (excluding diaryl/α,β-unsaturated/α-hetero) is 1. The van der Waals surface area contributed by atoms with E-state index < -0.39 is 0 Å². The number of rotatable bonds is 4. The van der Waals surface area contributed by atoms with E-state index in [1.807, 2.05) is 11.8 Å². The molecule has 0 spiro atoms. The predicted molar refractivity (Wildman–Crippen MR) is 67.0 cm³/mol. The van der Waals surface area contributed by atoms with Crippen LogP contribution in [-0.4, -0.2) is 54.5 Å². The molecule has 2 unspecified atom stereocenters. The topological polar surface area (TPSA) is 29.5 Å². The van der Waals surface area contributed by atoms with Crippen LogP contribution in [0, 0.1) is 0 Å². The molecular weight excluding hydrogens is 222 g/mol. The molecule has 2 fully saturated rings. The predicted octanol–water partition coefficient (Wildman–Crippen LogP) is 1.56. The van der Waals surface area contributed by atoms with E-state index in [2.05, 4.69) is 11.9 Å².